The van der Waals surface area contributed by atoms with Gasteiger partial charge in [-0.1, -0.05) is 48.3 Å². The molecule has 3 N–H and O–H groups in total. The van der Waals surface area contributed by atoms with Crippen LogP contribution in [0.5, 0.6) is 0 Å². The van der Waals surface area contributed by atoms with Crippen LogP contribution in [0.3, 0.4) is 0 Å². The topological polar surface area (TPSA) is 118 Å². The molecule has 1 unspecified atom stereocenters. The second-order valence-corrected chi connectivity index (χ2v) is 8.07. The summed E-state index contributed by atoms with van der Waals surface area (Å²) >= 11 is 12.6. The predicted molar refractivity (Wildman–Crippen MR) is 119 cm³/mol. The molecule has 4 rings (SSSR count). The first-order chi connectivity index (χ1) is 15.2. The Morgan fingerprint density at radius 3 is 2.47 bits per heavy atom. The summed E-state index contributed by atoms with van der Waals surface area (Å²) in [6.07, 6.45) is 0.491. The standard InChI is InChI=1S/C21H18Cl2N6O3/c1-3-15-25-17(28-29(15)16-13(22)8-5-9-14(16)23)18(30)24-12-7-4-6-11(10-12)21(2)19(31)26-20(32)27-21/h4-10H,3H2,1-2H3,(H,24,30)(H2,26,27,31,32). The van der Waals surface area contributed by atoms with Crippen LogP contribution < -0.4 is 16.0 Å². The number of benzene rings is 2. The zero-order valence-corrected chi connectivity index (χ0v) is 18.6. The van der Waals surface area contributed by atoms with Crippen molar-refractivity contribution in [1.29, 1.82) is 0 Å². The van der Waals surface area contributed by atoms with Crippen LogP contribution in [-0.4, -0.2) is 32.6 Å². The van der Waals surface area contributed by atoms with Crippen molar-refractivity contribution in [2.75, 3.05) is 5.32 Å². The number of aryl methyl sites for hydroxylation is 1. The Balaban J connectivity index is 1.63. The number of para-hydroxylation sites is 1. The highest BCUT2D eigenvalue weighted by atomic mass is 35.5. The molecule has 1 fully saturated rings. The van der Waals surface area contributed by atoms with Crippen LogP contribution in [0.1, 0.15) is 35.9 Å². The first-order valence-electron chi connectivity index (χ1n) is 9.68. The van der Waals surface area contributed by atoms with Gasteiger partial charge in [0.25, 0.3) is 11.8 Å². The molecule has 0 radical (unpaired) electrons. The summed E-state index contributed by atoms with van der Waals surface area (Å²) in [4.78, 5) is 40.9. The van der Waals surface area contributed by atoms with E-state index in [1.54, 1.807) is 49.4 Å². The van der Waals surface area contributed by atoms with Crippen LogP contribution in [0.4, 0.5) is 10.5 Å². The van der Waals surface area contributed by atoms with E-state index in [-0.39, 0.29) is 5.82 Å². The van der Waals surface area contributed by atoms with Gasteiger partial charge in [0, 0.05) is 12.1 Å². The average Bonchev–Trinajstić information content (AvgIpc) is 3.29. The van der Waals surface area contributed by atoms with Crippen molar-refractivity contribution in [3.05, 3.63) is 69.7 Å². The van der Waals surface area contributed by atoms with Crippen molar-refractivity contribution in [3.8, 4) is 5.69 Å². The molecule has 9 nitrogen and oxygen atoms in total. The van der Waals surface area contributed by atoms with Crippen molar-refractivity contribution in [2.45, 2.75) is 25.8 Å². The molecule has 0 spiro atoms. The molecule has 2 aromatic carbocycles. The molecular weight excluding hydrogens is 455 g/mol. The molecule has 4 amide bonds. The monoisotopic (exact) mass is 472 g/mol. The summed E-state index contributed by atoms with van der Waals surface area (Å²) in [5.74, 6) is -0.586. The fraction of sp³-hybridized carbons (Fsp3) is 0.190. The number of amides is 4. The summed E-state index contributed by atoms with van der Waals surface area (Å²) in [6, 6.07) is 11.1. The van der Waals surface area contributed by atoms with Gasteiger partial charge >= 0.3 is 6.03 Å². The molecule has 1 aliphatic rings. The summed E-state index contributed by atoms with van der Waals surface area (Å²) in [5.41, 5.74) is 0.118. The zero-order chi connectivity index (χ0) is 23.0. The van der Waals surface area contributed by atoms with Gasteiger partial charge in [0.2, 0.25) is 5.82 Å². The number of nitrogens with one attached hydrogen (secondary N) is 3. The predicted octanol–water partition coefficient (Wildman–Crippen LogP) is 3.44. The van der Waals surface area contributed by atoms with Crippen molar-refractivity contribution in [3.63, 3.8) is 0 Å². The summed E-state index contributed by atoms with van der Waals surface area (Å²) in [7, 11) is 0. The maximum Gasteiger partial charge on any atom is 0.322 e. The highest BCUT2D eigenvalue weighted by Gasteiger charge is 2.43. The van der Waals surface area contributed by atoms with Crippen LogP contribution in [0.2, 0.25) is 10.0 Å². The number of hydrogen-bond donors (Lipinski definition) is 3. The molecule has 1 aliphatic heterocycles. The Kier molecular flexibility index (Phi) is 5.62. The van der Waals surface area contributed by atoms with Crippen LogP contribution in [-0.2, 0) is 16.8 Å². The first-order valence-corrected chi connectivity index (χ1v) is 10.4. The largest absolute Gasteiger partial charge is 0.322 e. The minimum Gasteiger partial charge on any atom is -0.320 e. The average molecular weight is 473 g/mol. The lowest BCUT2D eigenvalue weighted by molar-refractivity contribution is -0.123. The van der Waals surface area contributed by atoms with E-state index in [1.807, 2.05) is 6.92 Å². The molecule has 1 atom stereocenters. The summed E-state index contributed by atoms with van der Waals surface area (Å²) in [5, 5.41) is 12.6. The van der Waals surface area contributed by atoms with Crippen molar-refractivity contribution in [2.24, 2.45) is 0 Å². The fourth-order valence-corrected chi connectivity index (χ4v) is 3.94. The highest BCUT2D eigenvalue weighted by Crippen LogP contribution is 2.29. The molecule has 164 valence electrons. The zero-order valence-electron chi connectivity index (χ0n) is 17.1. The van der Waals surface area contributed by atoms with Crippen molar-refractivity contribution in [1.82, 2.24) is 25.4 Å². The second-order valence-electron chi connectivity index (χ2n) is 7.26. The molecule has 11 heteroatoms. The van der Waals surface area contributed by atoms with Crippen LogP contribution in [0, 0.1) is 0 Å². The van der Waals surface area contributed by atoms with E-state index in [4.69, 9.17) is 23.2 Å². The number of carbonyl (C=O) groups excluding carboxylic acids is 3. The number of hydrogen-bond acceptors (Lipinski definition) is 5. The molecule has 1 saturated heterocycles. The lowest BCUT2D eigenvalue weighted by Gasteiger charge is -2.21. The van der Waals surface area contributed by atoms with Gasteiger partial charge in [-0.2, -0.15) is 0 Å². The van der Waals surface area contributed by atoms with E-state index in [0.717, 1.165) is 0 Å². The number of halogens is 2. The Morgan fingerprint density at radius 2 is 1.84 bits per heavy atom. The Bertz CT molecular complexity index is 1240. The molecule has 3 aromatic rings. The van der Waals surface area contributed by atoms with Gasteiger partial charge < -0.3 is 10.6 Å². The molecule has 1 aromatic heterocycles. The third-order valence-electron chi connectivity index (χ3n) is 5.09. The Hall–Kier alpha value is -3.43. The fourth-order valence-electron chi connectivity index (χ4n) is 3.38. The summed E-state index contributed by atoms with van der Waals surface area (Å²) in [6.45, 7) is 3.45. The maximum absolute atomic E-state index is 12.9. The van der Waals surface area contributed by atoms with Crippen LogP contribution >= 0.6 is 23.2 Å². The number of anilines is 1. The molecule has 2 heterocycles. The third kappa shape index (κ3) is 3.80. The van der Waals surface area contributed by atoms with E-state index >= 15 is 0 Å². The van der Waals surface area contributed by atoms with E-state index in [9.17, 15) is 14.4 Å². The maximum atomic E-state index is 12.9. The minimum absolute atomic E-state index is 0.0682. The molecule has 0 saturated carbocycles. The van der Waals surface area contributed by atoms with Gasteiger partial charge in [-0.05, 0) is 36.8 Å². The Labute approximate surface area is 193 Å². The van der Waals surface area contributed by atoms with Gasteiger partial charge in [-0.25, -0.2) is 14.5 Å². The van der Waals surface area contributed by atoms with Crippen LogP contribution in [0.15, 0.2) is 42.5 Å². The quantitative estimate of drug-likeness (QED) is 0.491. The first kappa shape index (κ1) is 21.8. The lowest BCUT2D eigenvalue weighted by atomic mass is 9.92. The lowest BCUT2D eigenvalue weighted by Crippen LogP contribution is -2.40. The number of carbonyl (C=O) groups is 3. The van der Waals surface area contributed by atoms with Gasteiger partial charge in [0.1, 0.15) is 17.1 Å². The number of urea groups is 1. The molecular formula is C21H18Cl2N6O3. The second kappa shape index (κ2) is 8.25. The van der Waals surface area contributed by atoms with Gasteiger partial charge in [-0.3, -0.25) is 14.9 Å². The smallest absolute Gasteiger partial charge is 0.320 e. The number of imide groups is 1. The number of rotatable bonds is 5. The molecule has 0 aliphatic carbocycles. The normalized spacial score (nSPS) is 17.8. The van der Waals surface area contributed by atoms with Gasteiger partial charge in [0.05, 0.1) is 10.0 Å². The number of nitrogens with zero attached hydrogens (tertiary/aromatic N) is 3. The van der Waals surface area contributed by atoms with Crippen molar-refractivity contribution < 1.29 is 14.4 Å². The minimum atomic E-state index is -1.24. The van der Waals surface area contributed by atoms with E-state index in [1.165, 1.54) is 4.68 Å². The molecule has 0 bridgehead atoms. The van der Waals surface area contributed by atoms with E-state index in [0.29, 0.717) is 39.2 Å². The molecule has 32 heavy (non-hydrogen) atoms. The van der Waals surface area contributed by atoms with E-state index < -0.39 is 23.4 Å². The van der Waals surface area contributed by atoms with Gasteiger partial charge in [-0.15, -0.1) is 5.10 Å². The van der Waals surface area contributed by atoms with E-state index in [2.05, 4.69) is 26.0 Å². The number of aromatic nitrogens is 3. The third-order valence-corrected chi connectivity index (χ3v) is 5.70. The van der Waals surface area contributed by atoms with Crippen molar-refractivity contribution >= 4 is 46.7 Å². The summed E-state index contributed by atoms with van der Waals surface area (Å²) < 4.78 is 1.45. The SMILES string of the molecule is CCc1nc(C(=O)Nc2cccc(C3(C)NC(=O)NC3=O)c2)nn1-c1c(Cl)cccc1Cl. The highest BCUT2D eigenvalue weighted by molar-refractivity contribution is 6.37. The Morgan fingerprint density at radius 1 is 1.16 bits per heavy atom. The van der Waals surface area contributed by atoms with Gasteiger partial charge in [0.15, 0.2) is 0 Å². The van der Waals surface area contributed by atoms with Crippen LogP contribution in [0.25, 0.3) is 5.69 Å².